The summed E-state index contributed by atoms with van der Waals surface area (Å²) >= 11 is 0. The Morgan fingerprint density at radius 3 is 2.43 bits per heavy atom. The van der Waals surface area contributed by atoms with Crippen LogP contribution in [0, 0.1) is 0 Å². The molecule has 28 heavy (non-hydrogen) atoms. The van der Waals surface area contributed by atoms with Gasteiger partial charge in [-0.2, -0.15) is 0 Å². The first-order valence-electron chi connectivity index (χ1n) is 9.26. The molecule has 1 amide bonds. The van der Waals surface area contributed by atoms with Crippen molar-refractivity contribution in [3.63, 3.8) is 0 Å². The van der Waals surface area contributed by atoms with Crippen molar-refractivity contribution in [2.75, 3.05) is 30.5 Å². The Hall–Kier alpha value is -3.47. The van der Waals surface area contributed by atoms with E-state index in [9.17, 15) is 4.79 Å². The third kappa shape index (κ3) is 3.64. The van der Waals surface area contributed by atoms with Crippen molar-refractivity contribution in [1.82, 2.24) is 0 Å². The number of ether oxygens (including phenoxy) is 2. The number of nitrogens with one attached hydrogen (secondary N) is 1. The van der Waals surface area contributed by atoms with E-state index in [1.165, 1.54) is 11.3 Å². The Balaban J connectivity index is 1.48. The van der Waals surface area contributed by atoms with Crippen LogP contribution < -0.4 is 19.7 Å². The highest BCUT2D eigenvalue weighted by atomic mass is 16.5. The molecule has 0 saturated carbocycles. The average Bonchev–Trinajstić information content (AvgIpc) is 3.17. The molecule has 0 saturated heterocycles. The number of amides is 1. The van der Waals surface area contributed by atoms with Crippen molar-refractivity contribution in [2.45, 2.75) is 6.42 Å². The Kier molecular flexibility index (Phi) is 5.15. The third-order valence-corrected chi connectivity index (χ3v) is 4.78. The molecule has 1 aliphatic heterocycles. The third-order valence-electron chi connectivity index (χ3n) is 4.78. The number of para-hydroxylation sites is 5. The van der Waals surface area contributed by atoms with E-state index in [2.05, 4.69) is 28.4 Å². The lowest BCUT2D eigenvalue weighted by molar-refractivity contribution is -0.118. The maximum atomic E-state index is 12.5. The van der Waals surface area contributed by atoms with Crippen molar-refractivity contribution < 1.29 is 14.3 Å². The quantitative estimate of drug-likeness (QED) is 0.694. The van der Waals surface area contributed by atoms with E-state index in [0.717, 1.165) is 24.3 Å². The molecule has 0 bridgehead atoms. The lowest BCUT2D eigenvalue weighted by Crippen LogP contribution is -2.22. The van der Waals surface area contributed by atoms with Crippen LogP contribution >= 0.6 is 0 Å². The van der Waals surface area contributed by atoms with Crippen LogP contribution in [-0.4, -0.2) is 26.2 Å². The fourth-order valence-electron chi connectivity index (χ4n) is 3.47. The second kappa shape index (κ2) is 8.05. The number of rotatable bonds is 6. The maximum Gasteiger partial charge on any atom is 0.262 e. The summed E-state index contributed by atoms with van der Waals surface area (Å²) in [6.07, 6.45) is 0.995. The van der Waals surface area contributed by atoms with E-state index in [4.69, 9.17) is 9.47 Å². The molecule has 3 aromatic carbocycles. The van der Waals surface area contributed by atoms with Gasteiger partial charge in [-0.05, 0) is 42.3 Å². The monoisotopic (exact) mass is 374 g/mol. The fourth-order valence-corrected chi connectivity index (χ4v) is 3.47. The minimum Gasteiger partial charge on any atom is -0.493 e. The number of hydrogen-bond donors (Lipinski definition) is 1. The molecule has 3 aromatic rings. The molecule has 0 atom stereocenters. The van der Waals surface area contributed by atoms with Crippen LogP contribution in [0.2, 0.25) is 0 Å². The summed E-state index contributed by atoms with van der Waals surface area (Å²) in [6, 6.07) is 23.5. The van der Waals surface area contributed by atoms with Crippen LogP contribution in [0.5, 0.6) is 11.5 Å². The maximum absolute atomic E-state index is 12.5. The van der Waals surface area contributed by atoms with Gasteiger partial charge in [-0.15, -0.1) is 0 Å². The first-order chi connectivity index (χ1) is 13.8. The lowest BCUT2D eigenvalue weighted by atomic mass is 10.2. The first-order valence-corrected chi connectivity index (χ1v) is 9.26. The van der Waals surface area contributed by atoms with Gasteiger partial charge in [0.15, 0.2) is 18.1 Å². The number of hydrogen-bond acceptors (Lipinski definition) is 4. The van der Waals surface area contributed by atoms with Gasteiger partial charge < -0.3 is 19.7 Å². The number of anilines is 3. The lowest BCUT2D eigenvalue weighted by Gasteiger charge is -2.23. The summed E-state index contributed by atoms with van der Waals surface area (Å²) in [5.41, 5.74) is 4.27. The number of nitrogens with zero attached hydrogens (tertiary/aromatic N) is 1. The molecule has 1 N–H and O–H groups in total. The molecule has 4 rings (SSSR count). The summed E-state index contributed by atoms with van der Waals surface area (Å²) in [4.78, 5) is 14.7. The smallest absolute Gasteiger partial charge is 0.262 e. The van der Waals surface area contributed by atoms with E-state index in [-0.39, 0.29) is 12.5 Å². The molecular formula is C23H22N2O3. The molecule has 0 fully saturated rings. The van der Waals surface area contributed by atoms with Crippen molar-refractivity contribution in [3.05, 3.63) is 78.4 Å². The van der Waals surface area contributed by atoms with Crippen molar-refractivity contribution >= 4 is 23.0 Å². The minimum atomic E-state index is -0.217. The molecule has 0 unspecified atom stereocenters. The van der Waals surface area contributed by atoms with E-state index in [1.807, 2.05) is 42.5 Å². The van der Waals surface area contributed by atoms with E-state index < -0.39 is 0 Å². The van der Waals surface area contributed by atoms with E-state index >= 15 is 0 Å². The second-order valence-corrected chi connectivity index (χ2v) is 6.54. The summed E-state index contributed by atoms with van der Waals surface area (Å²) in [6.45, 7) is 0.801. The van der Waals surface area contributed by atoms with Crippen LogP contribution in [-0.2, 0) is 11.2 Å². The van der Waals surface area contributed by atoms with Gasteiger partial charge in [-0.25, -0.2) is 0 Å². The molecule has 5 heteroatoms. The number of methoxy groups -OCH3 is 1. The van der Waals surface area contributed by atoms with E-state index in [0.29, 0.717) is 11.5 Å². The normalized spacial score (nSPS) is 12.4. The van der Waals surface area contributed by atoms with Crippen LogP contribution in [0.15, 0.2) is 72.8 Å². The zero-order valence-electron chi connectivity index (χ0n) is 15.7. The molecule has 142 valence electrons. The van der Waals surface area contributed by atoms with Crippen LogP contribution in [0.4, 0.5) is 17.1 Å². The van der Waals surface area contributed by atoms with Crippen molar-refractivity contribution in [2.24, 2.45) is 0 Å². The van der Waals surface area contributed by atoms with Gasteiger partial charge in [-0.1, -0.05) is 42.5 Å². The summed E-state index contributed by atoms with van der Waals surface area (Å²) < 4.78 is 10.9. The fraction of sp³-hybridized carbons (Fsp3) is 0.174. The molecule has 0 aliphatic carbocycles. The molecular weight excluding hydrogens is 352 g/mol. The molecule has 1 heterocycles. The zero-order chi connectivity index (χ0) is 19.3. The number of fused-ring (bicyclic) bond motifs is 1. The second-order valence-electron chi connectivity index (χ2n) is 6.54. The van der Waals surface area contributed by atoms with Crippen LogP contribution in [0.25, 0.3) is 0 Å². The highest BCUT2D eigenvalue weighted by Gasteiger charge is 2.22. The topological polar surface area (TPSA) is 50.8 Å². The Morgan fingerprint density at radius 1 is 0.929 bits per heavy atom. The van der Waals surface area contributed by atoms with Gasteiger partial charge in [0.25, 0.3) is 5.91 Å². The Bertz CT molecular complexity index is 987. The molecule has 1 aliphatic rings. The standard InChI is InChI=1S/C23H22N2O3/c1-27-21-12-6-7-13-22(21)28-16-23(26)24-18-9-3-5-11-20(18)25-15-14-17-8-2-4-10-19(17)25/h2-13H,14-16H2,1H3,(H,24,26). The van der Waals surface area contributed by atoms with Gasteiger partial charge >= 0.3 is 0 Å². The van der Waals surface area contributed by atoms with Crippen LogP contribution in [0.1, 0.15) is 5.56 Å². The van der Waals surface area contributed by atoms with Gasteiger partial charge in [0.2, 0.25) is 0 Å². The zero-order valence-corrected chi connectivity index (χ0v) is 15.7. The van der Waals surface area contributed by atoms with Gasteiger partial charge in [-0.3, -0.25) is 4.79 Å². The molecule has 0 aromatic heterocycles. The molecule has 0 spiro atoms. The number of carbonyl (C=O) groups excluding carboxylic acids is 1. The SMILES string of the molecule is COc1ccccc1OCC(=O)Nc1ccccc1N1CCc2ccccc21. The van der Waals surface area contributed by atoms with Gasteiger partial charge in [0.1, 0.15) is 0 Å². The first kappa shape index (κ1) is 17.9. The highest BCUT2D eigenvalue weighted by Crippen LogP contribution is 2.38. The average molecular weight is 374 g/mol. The molecule has 0 radical (unpaired) electrons. The summed E-state index contributed by atoms with van der Waals surface area (Å²) in [5.74, 6) is 0.928. The van der Waals surface area contributed by atoms with Gasteiger partial charge in [0, 0.05) is 12.2 Å². The van der Waals surface area contributed by atoms with E-state index in [1.54, 1.807) is 19.2 Å². The Morgan fingerprint density at radius 2 is 1.61 bits per heavy atom. The number of carbonyl (C=O) groups is 1. The van der Waals surface area contributed by atoms with Crippen LogP contribution in [0.3, 0.4) is 0 Å². The van der Waals surface area contributed by atoms with Gasteiger partial charge in [0.05, 0.1) is 18.5 Å². The molecule has 5 nitrogen and oxygen atoms in total. The van der Waals surface area contributed by atoms with Crippen molar-refractivity contribution in [3.8, 4) is 11.5 Å². The van der Waals surface area contributed by atoms with Crippen molar-refractivity contribution in [1.29, 1.82) is 0 Å². The predicted octanol–water partition coefficient (Wildman–Crippen LogP) is 4.41. The summed E-state index contributed by atoms with van der Waals surface area (Å²) in [5, 5.41) is 2.98. The summed E-state index contributed by atoms with van der Waals surface area (Å²) in [7, 11) is 1.58. The number of benzene rings is 3. The Labute approximate surface area is 164 Å². The highest BCUT2D eigenvalue weighted by molar-refractivity contribution is 5.96. The predicted molar refractivity (Wildman–Crippen MR) is 111 cm³/mol. The minimum absolute atomic E-state index is 0.0920. The largest absolute Gasteiger partial charge is 0.493 e.